The maximum atomic E-state index is 9.75. The molecule has 2 N–H and O–H groups in total. The van der Waals surface area contributed by atoms with E-state index < -0.39 is 6.10 Å². The summed E-state index contributed by atoms with van der Waals surface area (Å²) in [5.74, 6) is 0.774. The molecular formula is C17H29NO3. The van der Waals surface area contributed by atoms with Crippen LogP contribution in [0.25, 0.3) is 0 Å². The van der Waals surface area contributed by atoms with Crippen LogP contribution in [-0.2, 0) is 11.3 Å². The Morgan fingerprint density at radius 2 is 1.86 bits per heavy atom. The molecule has 0 aliphatic carbocycles. The first-order chi connectivity index (χ1) is 10.1. The van der Waals surface area contributed by atoms with Gasteiger partial charge in [0.05, 0.1) is 6.61 Å². The van der Waals surface area contributed by atoms with E-state index in [0.29, 0.717) is 19.3 Å². The van der Waals surface area contributed by atoms with Crippen LogP contribution in [0.1, 0.15) is 39.2 Å². The normalized spacial score (nSPS) is 12.6. The minimum atomic E-state index is -0.579. The maximum absolute atomic E-state index is 9.75. The summed E-state index contributed by atoms with van der Waals surface area (Å²) < 4.78 is 10.9. The van der Waals surface area contributed by atoms with Crippen LogP contribution in [0.5, 0.6) is 5.75 Å². The Balaban J connectivity index is 2.22. The van der Waals surface area contributed by atoms with E-state index in [9.17, 15) is 5.11 Å². The van der Waals surface area contributed by atoms with Crippen molar-refractivity contribution in [3.8, 4) is 5.75 Å². The van der Waals surface area contributed by atoms with E-state index in [1.807, 2.05) is 24.3 Å². The smallest absolute Gasteiger partial charge is 0.119 e. The molecule has 4 nitrogen and oxygen atoms in total. The Kier molecular flexibility index (Phi) is 9.06. The molecule has 0 fully saturated rings. The molecule has 0 saturated carbocycles. The maximum Gasteiger partial charge on any atom is 0.119 e. The van der Waals surface area contributed by atoms with Gasteiger partial charge in [-0.05, 0) is 24.1 Å². The number of hydrogen-bond acceptors (Lipinski definition) is 4. The van der Waals surface area contributed by atoms with E-state index in [-0.39, 0.29) is 6.61 Å². The minimum absolute atomic E-state index is 0.260. The molecule has 0 spiro atoms. The number of aliphatic hydroxyl groups excluding tert-OH is 1. The van der Waals surface area contributed by atoms with Gasteiger partial charge in [0.25, 0.3) is 0 Å². The number of nitrogens with one attached hydrogen (secondary N) is 1. The SMILES string of the molecule is CCCCOCC(O)COc1ccc(CNC(C)C)cc1. The zero-order valence-electron chi connectivity index (χ0n) is 13.5. The van der Waals surface area contributed by atoms with Gasteiger partial charge in [-0.3, -0.25) is 0 Å². The van der Waals surface area contributed by atoms with Crippen molar-refractivity contribution in [1.29, 1.82) is 0 Å². The molecule has 1 aromatic rings. The number of unbranched alkanes of at least 4 members (excludes halogenated alkanes) is 1. The molecule has 1 aromatic carbocycles. The van der Waals surface area contributed by atoms with Crippen LogP contribution >= 0.6 is 0 Å². The third-order valence-corrected chi connectivity index (χ3v) is 3.03. The topological polar surface area (TPSA) is 50.7 Å². The van der Waals surface area contributed by atoms with Crippen molar-refractivity contribution in [2.24, 2.45) is 0 Å². The van der Waals surface area contributed by atoms with E-state index in [1.54, 1.807) is 0 Å². The van der Waals surface area contributed by atoms with Crippen LogP contribution < -0.4 is 10.1 Å². The molecule has 1 rings (SSSR count). The lowest BCUT2D eigenvalue weighted by Crippen LogP contribution is -2.23. The van der Waals surface area contributed by atoms with Gasteiger partial charge in [0, 0.05) is 19.2 Å². The summed E-state index contributed by atoms with van der Waals surface area (Å²) in [6, 6.07) is 8.41. The van der Waals surface area contributed by atoms with Gasteiger partial charge in [0.15, 0.2) is 0 Å². The minimum Gasteiger partial charge on any atom is -0.491 e. The molecule has 0 aliphatic heterocycles. The van der Waals surface area contributed by atoms with Crippen molar-refractivity contribution in [3.63, 3.8) is 0 Å². The lowest BCUT2D eigenvalue weighted by Gasteiger charge is -2.13. The quantitative estimate of drug-likeness (QED) is 0.616. The summed E-state index contributed by atoms with van der Waals surface area (Å²) >= 11 is 0. The second-order valence-corrected chi connectivity index (χ2v) is 5.57. The van der Waals surface area contributed by atoms with Crippen LogP contribution in [-0.4, -0.2) is 37.1 Å². The molecule has 1 unspecified atom stereocenters. The van der Waals surface area contributed by atoms with Gasteiger partial charge in [-0.1, -0.05) is 39.3 Å². The predicted molar refractivity (Wildman–Crippen MR) is 85.6 cm³/mol. The largest absolute Gasteiger partial charge is 0.491 e. The number of benzene rings is 1. The fraction of sp³-hybridized carbons (Fsp3) is 0.647. The first-order valence-electron chi connectivity index (χ1n) is 7.82. The molecule has 120 valence electrons. The van der Waals surface area contributed by atoms with E-state index in [1.165, 1.54) is 5.56 Å². The van der Waals surface area contributed by atoms with E-state index >= 15 is 0 Å². The molecule has 0 heterocycles. The average Bonchev–Trinajstić information content (AvgIpc) is 2.48. The monoisotopic (exact) mass is 295 g/mol. The van der Waals surface area contributed by atoms with Crippen LogP contribution in [0, 0.1) is 0 Å². The van der Waals surface area contributed by atoms with Gasteiger partial charge in [0.2, 0.25) is 0 Å². The van der Waals surface area contributed by atoms with Crippen molar-refractivity contribution in [1.82, 2.24) is 5.32 Å². The summed E-state index contributed by atoms with van der Waals surface area (Å²) in [6.07, 6.45) is 1.55. The Morgan fingerprint density at radius 1 is 1.14 bits per heavy atom. The third-order valence-electron chi connectivity index (χ3n) is 3.03. The third kappa shape index (κ3) is 8.71. The van der Waals surface area contributed by atoms with E-state index in [0.717, 1.165) is 25.1 Å². The van der Waals surface area contributed by atoms with Crippen molar-refractivity contribution < 1.29 is 14.6 Å². The lowest BCUT2D eigenvalue weighted by atomic mass is 10.2. The molecule has 0 aliphatic rings. The van der Waals surface area contributed by atoms with Crippen LogP contribution in [0.2, 0.25) is 0 Å². The Bertz CT molecular complexity index is 365. The first-order valence-corrected chi connectivity index (χ1v) is 7.82. The van der Waals surface area contributed by atoms with Gasteiger partial charge < -0.3 is 19.9 Å². The van der Waals surface area contributed by atoms with E-state index in [2.05, 4.69) is 26.1 Å². The highest BCUT2D eigenvalue weighted by Crippen LogP contribution is 2.12. The Labute approximate surface area is 128 Å². The molecule has 1 atom stereocenters. The van der Waals surface area contributed by atoms with Crippen LogP contribution in [0.4, 0.5) is 0 Å². The van der Waals surface area contributed by atoms with Gasteiger partial charge in [0.1, 0.15) is 18.5 Å². The van der Waals surface area contributed by atoms with Gasteiger partial charge >= 0.3 is 0 Å². The van der Waals surface area contributed by atoms with E-state index in [4.69, 9.17) is 9.47 Å². The number of aliphatic hydroxyl groups is 1. The zero-order chi connectivity index (χ0) is 15.5. The molecule has 0 aromatic heterocycles. The molecule has 0 saturated heterocycles. The lowest BCUT2D eigenvalue weighted by molar-refractivity contribution is 0.0113. The molecule has 0 amide bonds. The Morgan fingerprint density at radius 3 is 2.48 bits per heavy atom. The summed E-state index contributed by atoms with van der Waals surface area (Å²) in [7, 11) is 0. The zero-order valence-corrected chi connectivity index (χ0v) is 13.5. The number of rotatable bonds is 11. The van der Waals surface area contributed by atoms with Gasteiger partial charge in [-0.25, -0.2) is 0 Å². The highest BCUT2D eigenvalue weighted by molar-refractivity contribution is 5.27. The van der Waals surface area contributed by atoms with Crippen molar-refractivity contribution >= 4 is 0 Å². The van der Waals surface area contributed by atoms with Crippen molar-refractivity contribution in [3.05, 3.63) is 29.8 Å². The second-order valence-electron chi connectivity index (χ2n) is 5.57. The molecule has 4 heteroatoms. The van der Waals surface area contributed by atoms with Crippen molar-refractivity contribution in [2.75, 3.05) is 19.8 Å². The average molecular weight is 295 g/mol. The number of ether oxygens (including phenoxy) is 2. The first kappa shape index (κ1) is 18.0. The highest BCUT2D eigenvalue weighted by atomic mass is 16.5. The summed E-state index contributed by atoms with van der Waals surface area (Å²) in [4.78, 5) is 0. The van der Waals surface area contributed by atoms with Crippen LogP contribution in [0.3, 0.4) is 0 Å². The fourth-order valence-electron chi connectivity index (χ4n) is 1.73. The molecular weight excluding hydrogens is 266 g/mol. The molecule has 0 radical (unpaired) electrons. The van der Waals surface area contributed by atoms with Gasteiger partial charge in [-0.15, -0.1) is 0 Å². The number of hydrogen-bond donors (Lipinski definition) is 2. The van der Waals surface area contributed by atoms with Crippen molar-refractivity contribution in [2.45, 2.75) is 52.3 Å². The predicted octanol–water partition coefficient (Wildman–Crippen LogP) is 2.74. The standard InChI is InChI=1S/C17H29NO3/c1-4-5-10-20-12-16(19)13-21-17-8-6-15(7-9-17)11-18-14(2)3/h6-9,14,16,18-19H,4-5,10-13H2,1-3H3. The summed E-state index contributed by atoms with van der Waals surface area (Å²) in [5.41, 5.74) is 1.22. The van der Waals surface area contributed by atoms with Crippen LogP contribution in [0.15, 0.2) is 24.3 Å². The molecule has 0 bridgehead atoms. The Hall–Kier alpha value is -1.10. The summed E-state index contributed by atoms with van der Waals surface area (Å²) in [5, 5.41) is 13.1. The second kappa shape index (κ2) is 10.6. The van der Waals surface area contributed by atoms with Gasteiger partial charge in [-0.2, -0.15) is 0 Å². The summed E-state index contributed by atoms with van der Waals surface area (Å²) in [6.45, 7) is 8.51. The fourth-order valence-corrected chi connectivity index (χ4v) is 1.73. The highest BCUT2D eigenvalue weighted by Gasteiger charge is 2.05. The molecule has 21 heavy (non-hydrogen) atoms.